The third-order valence-electron chi connectivity index (χ3n) is 6.37. The van der Waals surface area contributed by atoms with Gasteiger partial charge in [-0.15, -0.1) is 0 Å². The van der Waals surface area contributed by atoms with E-state index < -0.39 is 11.8 Å². The van der Waals surface area contributed by atoms with Gasteiger partial charge in [-0.3, -0.25) is 14.4 Å². The number of ketones is 1. The summed E-state index contributed by atoms with van der Waals surface area (Å²) in [5.74, 6) is 0.715. The van der Waals surface area contributed by atoms with Crippen LogP contribution in [-0.2, 0) is 17.6 Å². The van der Waals surface area contributed by atoms with Crippen molar-refractivity contribution in [1.82, 2.24) is 0 Å². The quantitative estimate of drug-likeness (QED) is 0.486. The maximum atomic E-state index is 13.4. The Bertz CT molecular complexity index is 1070. The summed E-state index contributed by atoms with van der Waals surface area (Å²) in [5, 5.41) is 0. The maximum absolute atomic E-state index is 13.4. The number of aryl methyl sites for hydroxylation is 2. The van der Waals surface area contributed by atoms with Crippen molar-refractivity contribution in [2.24, 2.45) is 0 Å². The fraction of sp³-hybridized carbons (Fsp3) is 0.577. The Kier molecular flexibility index (Phi) is 8.21. The van der Waals surface area contributed by atoms with Gasteiger partial charge < -0.3 is 8.83 Å². The Morgan fingerprint density at radius 2 is 1.19 bits per heavy atom. The summed E-state index contributed by atoms with van der Waals surface area (Å²) in [6.45, 7) is 14.5. The third-order valence-corrected chi connectivity index (χ3v) is 6.37. The molecule has 0 bridgehead atoms. The minimum Gasteiger partial charge on any atom is -0.465 e. The van der Waals surface area contributed by atoms with Gasteiger partial charge in [-0.1, -0.05) is 26.7 Å². The smallest absolute Gasteiger partial charge is 0.191 e. The lowest BCUT2D eigenvalue weighted by molar-refractivity contribution is -0.122. The highest BCUT2D eigenvalue weighted by atomic mass is 16.3. The van der Waals surface area contributed by atoms with Crippen LogP contribution in [-0.4, -0.2) is 5.78 Å². The second-order valence-corrected chi connectivity index (χ2v) is 8.59. The normalized spacial score (nSPS) is 13.3. The lowest BCUT2D eigenvalue weighted by atomic mass is 9.88. The number of unbranched alkanes of at least 4 members (excludes halogenated alkanes) is 2. The van der Waals surface area contributed by atoms with Crippen molar-refractivity contribution < 1.29 is 13.6 Å². The van der Waals surface area contributed by atoms with Gasteiger partial charge in [0.25, 0.3) is 0 Å². The van der Waals surface area contributed by atoms with E-state index in [0.717, 1.165) is 19.3 Å². The van der Waals surface area contributed by atoms with E-state index in [2.05, 4.69) is 6.92 Å². The standard InChI is InChI=1S/C26H36O5/c1-9-11-12-13-21-15(4)23(28)17(6)26(31-21)19(8)24(29)18(7)25-16(5)22(27)14(3)20(10-2)30-25/h18-19H,9-13H2,1-8H3/t18-,19+/m0/s1. The van der Waals surface area contributed by atoms with E-state index in [0.29, 0.717) is 58.1 Å². The molecule has 0 amide bonds. The largest absolute Gasteiger partial charge is 0.465 e. The third kappa shape index (κ3) is 4.91. The Morgan fingerprint density at radius 3 is 1.65 bits per heavy atom. The van der Waals surface area contributed by atoms with Crippen LogP contribution in [0.15, 0.2) is 18.4 Å². The van der Waals surface area contributed by atoms with Gasteiger partial charge in [0.15, 0.2) is 16.6 Å². The highest BCUT2D eigenvalue weighted by molar-refractivity contribution is 5.90. The average Bonchev–Trinajstić information content (AvgIpc) is 2.76. The van der Waals surface area contributed by atoms with Crippen LogP contribution in [0.4, 0.5) is 0 Å². The Hall–Kier alpha value is -2.43. The van der Waals surface area contributed by atoms with Gasteiger partial charge in [0.2, 0.25) is 0 Å². The van der Waals surface area contributed by atoms with E-state index >= 15 is 0 Å². The highest BCUT2D eigenvalue weighted by Crippen LogP contribution is 2.30. The first-order valence-electron chi connectivity index (χ1n) is 11.4. The molecule has 0 unspecified atom stereocenters. The molecule has 170 valence electrons. The molecule has 2 aromatic heterocycles. The summed E-state index contributed by atoms with van der Waals surface area (Å²) < 4.78 is 12.1. The zero-order valence-corrected chi connectivity index (χ0v) is 20.2. The zero-order chi connectivity index (χ0) is 23.5. The number of carbonyl (C=O) groups excluding carboxylic acids is 1. The number of hydrogen-bond donors (Lipinski definition) is 0. The highest BCUT2D eigenvalue weighted by Gasteiger charge is 2.31. The SMILES string of the molecule is CCCCCc1oc([C@H](C)C(=O)[C@H](C)c2oc(CC)c(C)c(=O)c2C)c(C)c(=O)c1C. The molecule has 0 aliphatic carbocycles. The topological polar surface area (TPSA) is 77.5 Å². The lowest BCUT2D eigenvalue weighted by Crippen LogP contribution is -2.24. The minimum atomic E-state index is -0.622. The summed E-state index contributed by atoms with van der Waals surface area (Å²) in [4.78, 5) is 38.8. The molecule has 0 aromatic carbocycles. The van der Waals surface area contributed by atoms with Crippen LogP contribution in [0.1, 0.15) is 104 Å². The van der Waals surface area contributed by atoms with E-state index in [9.17, 15) is 14.4 Å². The van der Waals surface area contributed by atoms with Crippen LogP contribution in [0.3, 0.4) is 0 Å². The van der Waals surface area contributed by atoms with Crippen molar-refractivity contribution in [3.63, 3.8) is 0 Å². The molecule has 5 heteroatoms. The van der Waals surface area contributed by atoms with Gasteiger partial charge in [-0.2, -0.15) is 0 Å². The minimum absolute atomic E-state index is 0.0635. The molecule has 5 nitrogen and oxygen atoms in total. The molecule has 0 radical (unpaired) electrons. The Labute approximate surface area is 184 Å². The van der Waals surface area contributed by atoms with Gasteiger partial charge in [0.05, 0.1) is 11.8 Å². The Morgan fingerprint density at radius 1 is 0.742 bits per heavy atom. The molecular weight excluding hydrogens is 392 g/mol. The van der Waals surface area contributed by atoms with Gasteiger partial charge in [0.1, 0.15) is 23.0 Å². The van der Waals surface area contributed by atoms with Gasteiger partial charge >= 0.3 is 0 Å². The molecule has 2 heterocycles. The van der Waals surface area contributed by atoms with Gasteiger partial charge in [-0.25, -0.2) is 0 Å². The van der Waals surface area contributed by atoms with Crippen LogP contribution >= 0.6 is 0 Å². The fourth-order valence-electron chi connectivity index (χ4n) is 4.18. The molecule has 0 saturated carbocycles. The molecule has 0 spiro atoms. The molecule has 2 rings (SSSR count). The molecule has 0 aliphatic rings. The van der Waals surface area contributed by atoms with Crippen molar-refractivity contribution in [1.29, 1.82) is 0 Å². The number of hydrogen-bond acceptors (Lipinski definition) is 5. The second kappa shape index (κ2) is 10.3. The zero-order valence-electron chi connectivity index (χ0n) is 20.2. The summed E-state index contributed by atoms with van der Waals surface area (Å²) in [5.41, 5.74) is 2.01. The van der Waals surface area contributed by atoms with Crippen LogP contribution in [0, 0.1) is 27.7 Å². The molecular formula is C26H36O5. The second-order valence-electron chi connectivity index (χ2n) is 8.59. The van der Waals surface area contributed by atoms with Crippen molar-refractivity contribution >= 4 is 5.78 Å². The van der Waals surface area contributed by atoms with E-state index in [4.69, 9.17) is 8.83 Å². The first-order valence-corrected chi connectivity index (χ1v) is 11.4. The van der Waals surface area contributed by atoms with Crippen molar-refractivity contribution in [2.75, 3.05) is 0 Å². The first kappa shape index (κ1) is 24.8. The molecule has 0 saturated heterocycles. The predicted octanol–water partition coefficient (Wildman–Crippen LogP) is 5.60. The van der Waals surface area contributed by atoms with Gasteiger partial charge in [0, 0.05) is 35.1 Å². The monoisotopic (exact) mass is 428 g/mol. The van der Waals surface area contributed by atoms with Crippen molar-refractivity contribution in [3.8, 4) is 0 Å². The molecule has 0 aliphatic heterocycles. The average molecular weight is 429 g/mol. The van der Waals surface area contributed by atoms with Crippen molar-refractivity contribution in [2.45, 2.75) is 99.3 Å². The molecule has 2 atom stereocenters. The van der Waals surface area contributed by atoms with Gasteiger partial charge in [-0.05, 0) is 48.0 Å². The Balaban J connectivity index is 2.47. The summed E-state index contributed by atoms with van der Waals surface area (Å²) in [6, 6.07) is 0. The molecule has 0 N–H and O–H groups in total. The molecule has 31 heavy (non-hydrogen) atoms. The molecule has 2 aromatic rings. The first-order chi connectivity index (χ1) is 14.6. The van der Waals surface area contributed by atoms with E-state index in [1.807, 2.05) is 6.92 Å². The molecule has 0 fully saturated rings. The van der Waals surface area contributed by atoms with Crippen LogP contribution < -0.4 is 10.9 Å². The van der Waals surface area contributed by atoms with Crippen LogP contribution in [0.25, 0.3) is 0 Å². The number of Topliss-reactive ketones (excluding diaryl/α,β-unsaturated/α-hetero) is 1. The van der Waals surface area contributed by atoms with E-state index in [1.54, 1.807) is 41.5 Å². The van der Waals surface area contributed by atoms with Crippen molar-refractivity contribution in [3.05, 3.63) is 65.7 Å². The fourth-order valence-corrected chi connectivity index (χ4v) is 4.18. The summed E-state index contributed by atoms with van der Waals surface area (Å²) in [6.07, 6.45) is 4.34. The predicted molar refractivity (Wildman–Crippen MR) is 123 cm³/mol. The van der Waals surface area contributed by atoms with E-state index in [1.165, 1.54) is 0 Å². The number of carbonyl (C=O) groups is 1. The van der Waals surface area contributed by atoms with E-state index in [-0.39, 0.29) is 16.6 Å². The lowest BCUT2D eigenvalue weighted by Gasteiger charge is -2.20. The summed E-state index contributed by atoms with van der Waals surface area (Å²) >= 11 is 0. The van der Waals surface area contributed by atoms with Crippen LogP contribution in [0.5, 0.6) is 0 Å². The van der Waals surface area contributed by atoms with Crippen LogP contribution in [0.2, 0.25) is 0 Å². The summed E-state index contributed by atoms with van der Waals surface area (Å²) in [7, 11) is 0. The number of rotatable bonds is 9. The maximum Gasteiger partial charge on any atom is 0.191 e.